The molecule has 0 amide bonds. The van der Waals surface area contributed by atoms with Gasteiger partial charge in [-0.2, -0.15) is 0 Å². The molecular weight excluding hydrogens is 376 g/mol. The largest absolute Gasteiger partial charge is 0.393 e. The summed E-state index contributed by atoms with van der Waals surface area (Å²) in [6.07, 6.45) is 15.6. The molecule has 31 heavy (non-hydrogen) atoms. The maximum absolute atomic E-state index is 10.6. The molecule has 5 aliphatic rings. The number of hydrogen-bond acceptors (Lipinski definition) is 1. The van der Waals surface area contributed by atoms with Crippen LogP contribution >= 0.6 is 0 Å². The Morgan fingerprint density at radius 1 is 0.806 bits per heavy atom. The van der Waals surface area contributed by atoms with Gasteiger partial charge in [0.1, 0.15) is 0 Å². The van der Waals surface area contributed by atoms with Crippen molar-refractivity contribution in [1.82, 2.24) is 0 Å². The van der Waals surface area contributed by atoms with Crippen molar-refractivity contribution in [2.24, 2.45) is 63.1 Å². The molecule has 1 unspecified atom stereocenters. The Kier molecular flexibility index (Phi) is 5.30. The molecule has 0 saturated heterocycles. The van der Waals surface area contributed by atoms with E-state index in [-0.39, 0.29) is 6.10 Å². The van der Waals surface area contributed by atoms with E-state index in [1.54, 1.807) is 0 Å². The first-order valence-electron chi connectivity index (χ1n) is 14.2. The highest BCUT2D eigenvalue weighted by Crippen LogP contribution is 2.88. The Morgan fingerprint density at radius 3 is 2.26 bits per heavy atom. The van der Waals surface area contributed by atoms with Gasteiger partial charge in [0.25, 0.3) is 0 Å². The molecule has 0 aliphatic heterocycles. The molecule has 178 valence electrons. The summed E-state index contributed by atoms with van der Waals surface area (Å²) in [4.78, 5) is 0. The van der Waals surface area contributed by atoms with Crippen LogP contribution < -0.4 is 0 Å². The quantitative estimate of drug-likeness (QED) is 0.469. The van der Waals surface area contributed by atoms with Crippen molar-refractivity contribution >= 4 is 0 Å². The first kappa shape index (κ1) is 22.7. The monoisotopic (exact) mass is 428 g/mol. The van der Waals surface area contributed by atoms with Crippen LogP contribution in [0.1, 0.15) is 119 Å². The van der Waals surface area contributed by atoms with E-state index in [9.17, 15) is 5.11 Å². The summed E-state index contributed by atoms with van der Waals surface area (Å²) in [5.74, 6) is 5.82. The Morgan fingerprint density at radius 2 is 1.55 bits per heavy atom. The number of aliphatic hydroxyl groups excluding tert-OH is 1. The van der Waals surface area contributed by atoms with Gasteiger partial charge >= 0.3 is 0 Å². The zero-order valence-corrected chi connectivity index (χ0v) is 21.8. The highest BCUT2D eigenvalue weighted by Gasteiger charge is 2.81. The lowest BCUT2D eigenvalue weighted by Gasteiger charge is -2.62. The lowest BCUT2D eigenvalue weighted by molar-refractivity contribution is -0.143. The fourth-order valence-electron chi connectivity index (χ4n) is 11.0. The third kappa shape index (κ3) is 2.83. The molecule has 1 N–H and O–H groups in total. The molecule has 0 bridgehead atoms. The average Bonchev–Trinajstić information content (AvgIpc) is 3.31. The highest BCUT2D eigenvalue weighted by atomic mass is 16.3. The third-order valence-corrected chi connectivity index (χ3v) is 13.6. The SMILES string of the molecule is CC(C)C(C)CC[C@@H](C)[C@H]1CC[C@@]2(C)[C@@H]3CC[C@H]4[C@H](C)[C@@H](O)CC[C@@]45C[C@@]35CC[C@]12C. The maximum Gasteiger partial charge on any atom is 0.0568 e. The van der Waals surface area contributed by atoms with Gasteiger partial charge in [0.15, 0.2) is 0 Å². The third-order valence-electron chi connectivity index (χ3n) is 13.6. The van der Waals surface area contributed by atoms with Gasteiger partial charge in [-0.05, 0) is 121 Å². The van der Waals surface area contributed by atoms with E-state index in [1.165, 1.54) is 64.2 Å². The molecule has 5 fully saturated rings. The van der Waals surface area contributed by atoms with Gasteiger partial charge in [-0.3, -0.25) is 0 Å². The average molecular weight is 429 g/mol. The van der Waals surface area contributed by atoms with Crippen LogP contribution in [0.2, 0.25) is 0 Å². The van der Waals surface area contributed by atoms with Crippen molar-refractivity contribution in [3.63, 3.8) is 0 Å². The van der Waals surface area contributed by atoms with Gasteiger partial charge in [-0.1, -0.05) is 61.3 Å². The smallest absolute Gasteiger partial charge is 0.0568 e. The second kappa shape index (κ2) is 7.23. The molecule has 5 saturated carbocycles. The van der Waals surface area contributed by atoms with Gasteiger partial charge < -0.3 is 5.11 Å². The van der Waals surface area contributed by atoms with Crippen LogP contribution in [0, 0.1) is 63.1 Å². The maximum atomic E-state index is 10.6. The van der Waals surface area contributed by atoms with Crippen LogP contribution in [0.25, 0.3) is 0 Å². The number of fused-ring (bicyclic) bond motifs is 2. The van der Waals surface area contributed by atoms with Crippen molar-refractivity contribution in [1.29, 1.82) is 0 Å². The molecule has 0 radical (unpaired) electrons. The molecule has 0 aromatic carbocycles. The summed E-state index contributed by atoms with van der Waals surface area (Å²) in [6, 6.07) is 0. The summed E-state index contributed by atoms with van der Waals surface area (Å²) in [7, 11) is 0. The van der Waals surface area contributed by atoms with E-state index in [4.69, 9.17) is 0 Å². The normalized spacial score (nSPS) is 55.1. The Labute approximate surface area is 193 Å². The summed E-state index contributed by atoms with van der Waals surface area (Å²) >= 11 is 0. The summed E-state index contributed by atoms with van der Waals surface area (Å²) in [5.41, 5.74) is 2.39. The van der Waals surface area contributed by atoms with E-state index in [0.29, 0.717) is 27.6 Å². The van der Waals surface area contributed by atoms with Crippen molar-refractivity contribution < 1.29 is 5.11 Å². The fourth-order valence-corrected chi connectivity index (χ4v) is 11.0. The minimum absolute atomic E-state index is 0.0285. The molecule has 5 aliphatic carbocycles. The molecular formula is C30H52O. The van der Waals surface area contributed by atoms with Crippen molar-refractivity contribution in [3.8, 4) is 0 Å². The van der Waals surface area contributed by atoms with Crippen LogP contribution in [-0.4, -0.2) is 11.2 Å². The van der Waals surface area contributed by atoms with Crippen molar-refractivity contribution in [3.05, 3.63) is 0 Å². The van der Waals surface area contributed by atoms with E-state index in [0.717, 1.165) is 41.9 Å². The molecule has 11 atom stereocenters. The molecule has 0 heterocycles. The topological polar surface area (TPSA) is 20.2 Å². The minimum atomic E-state index is -0.0285. The van der Waals surface area contributed by atoms with E-state index >= 15 is 0 Å². The fraction of sp³-hybridized carbons (Fsp3) is 1.00. The second-order valence-electron chi connectivity index (χ2n) is 14.4. The molecule has 0 aromatic rings. The summed E-state index contributed by atoms with van der Waals surface area (Å²) in [6.45, 7) is 17.8. The molecule has 2 spiro atoms. The van der Waals surface area contributed by atoms with Crippen LogP contribution in [0.4, 0.5) is 0 Å². The predicted molar refractivity (Wildman–Crippen MR) is 131 cm³/mol. The van der Waals surface area contributed by atoms with Crippen LogP contribution in [0.3, 0.4) is 0 Å². The standard InChI is InChI=1S/C30H52O/c1-19(2)20(3)8-9-21(4)23-12-14-28(7)26-11-10-24-22(5)25(31)13-15-29(24)18-30(26,29)17-16-27(23,28)6/h19-26,31H,8-18H2,1-7H3/t20?,21-,22+,23-,24+,25+,26+,27-,28+,29-,30+/m1/s1. The second-order valence-corrected chi connectivity index (χ2v) is 14.4. The van der Waals surface area contributed by atoms with Gasteiger partial charge in [0.2, 0.25) is 0 Å². The molecule has 5 rings (SSSR count). The highest BCUT2D eigenvalue weighted by molar-refractivity contribution is 5.29. The van der Waals surface area contributed by atoms with Crippen molar-refractivity contribution in [2.45, 2.75) is 125 Å². The predicted octanol–water partition coefficient (Wildman–Crippen LogP) is 8.10. The van der Waals surface area contributed by atoms with Crippen LogP contribution in [0.15, 0.2) is 0 Å². The van der Waals surface area contributed by atoms with Gasteiger partial charge in [-0.25, -0.2) is 0 Å². The van der Waals surface area contributed by atoms with E-state index in [1.807, 2.05) is 0 Å². The van der Waals surface area contributed by atoms with Crippen LogP contribution in [-0.2, 0) is 0 Å². The Bertz CT molecular complexity index is 699. The minimum Gasteiger partial charge on any atom is -0.393 e. The molecule has 1 nitrogen and oxygen atoms in total. The zero-order valence-electron chi connectivity index (χ0n) is 21.8. The summed E-state index contributed by atoms with van der Waals surface area (Å²) < 4.78 is 0. The number of aliphatic hydroxyl groups is 1. The lowest BCUT2D eigenvalue weighted by atomic mass is 9.43. The summed E-state index contributed by atoms with van der Waals surface area (Å²) in [5, 5.41) is 10.6. The first-order valence-corrected chi connectivity index (χ1v) is 14.2. The Balaban J connectivity index is 1.37. The van der Waals surface area contributed by atoms with Crippen LogP contribution in [0.5, 0.6) is 0 Å². The Hall–Kier alpha value is -0.0400. The molecule has 1 heteroatoms. The van der Waals surface area contributed by atoms with Gasteiger partial charge in [0, 0.05) is 0 Å². The van der Waals surface area contributed by atoms with Gasteiger partial charge in [0.05, 0.1) is 6.10 Å². The van der Waals surface area contributed by atoms with Crippen molar-refractivity contribution in [2.75, 3.05) is 0 Å². The number of hydrogen-bond donors (Lipinski definition) is 1. The number of rotatable bonds is 5. The van der Waals surface area contributed by atoms with E-state index in [2.05, 4.69) is 48.5 Å². The zero-order chi connectivity index (χ0) is 22.4. The lowest BCUT2D eigenvalue weighted by Crippen LogP contribution is -2.55. The van der Waals surface area contributed by atoms with Gasteiger partial charge in [-0.15, -0.1) is 0 Å². The molecule has 0 aromatic heterocycles. The van der Waals surface area contributed by atoms with E-state index < -0.39 is 0 Å². The first-order chi connectivity index (χ1) is 14.5.